The van der Waals surface area contributed by atoms with E-state index < -0.39 is 60.2 Å². The molecule has 14 nitrogen and oxygen atoms in total. The van der Waals surface area contributed by atoms with E-state index in [1.165, 1.54) is 4.90 Å². The molecular weight excluding hydrogens is 456 g/mol. The molecule has 1 aliphatic heterocycles. The largest absolute Gasteiger partial charge is 0.480 e. The van der Waals surface area contributed by atoms with E-state index in [1.54, 1.807) is 0 Å². The van der Waals surface area contributed by atoms with Crippen molar-refractivity contribution in [3.8, 4) is 0 Å². The molecule has 33 heavy (non-hydrogen) atoms. The molecule has 0 saturated carbocycles. The second-order valence-electron chi connectivity index (χ2n) is 7.56. The molecule has 4 atom stereocenters. The minimum atomic E-state index is -1.43. The van der Waals surface area contributed by atoms with Crippen molar-refractivity contribution in [3.63, 3.8) is 0 Å². The van der Waals surface area contributed by atoms with Gasteiger partial charge in [-0.2, -0.15) is 12.6 Å². The second kappa shape index (κ2) is 13.5. The molecule has 1 saturated heterocycles. The summed E-state index contributed by atoms with van der Waals surface area (Å²) in [5.41, 5.74) is 21.3. The molecule has 1 heterocycles. The standard InChI is InChI=1S/C18H32N8O6S/c19-9(8-33)16(30)26-6-2-4-12(26)15(29)25-11(7-13(20)27)14(28)24-10(17(31)32)3-1-5-23-18(21)22/h9-12,33H,1-8,19H2,(H2,20,27)(H,24,28)(H,25,29)(H,31,32)(H4,21,22,23). The molecule has 186 valence electrons. The summed E-state index contributed by atoms with van der Waals surface area (Å²) in [6.07, 6.45) is 0.583. The van der Waals surface area contributed by atoms with Gasteiger partial charge in [0.15, 0.2) is 5.96 Å². The average molecular weight is 489 g/mol. The summed E-state index contributed by atoms with van der Waals surface area (Å²) >= 11 is 3.99. The fourth-order valence-corrected chi connectivity index (χ4v) is 3.46. The Kier molecular flexibility index (Phi) is 11.4. The molecule has 0 aromatic heterocycles. The van der Waals surface area contributed by atoms with Crippen molar-refractivity contribution in [3.05, 3.63) is 0 Å². The average Bonchev–Trinajstić information content (AvgIpc) is 3.23. The number of hydrogen-bond donors (Lipinski definition) is 8. The highest BCUT2D eigenvalue weighted by atomic mass is 32.1. The van der Waals surface area contributed by atoms with Gasteiger partial charge in [0.05, 0.1) is 12.5 Å². The Morgan fingerprint density at radius 3 is 2.33 bits per heavy atom. The summed E-state index contributed by atoms with van der Waals surface area (Å²) in [5.74, 6) is -4.28. The third-order valence-corrected chi connectivity index (χ3v) is 5.34. The van der Waals surface area contributed by atoms with E-state index in [4.69, 9.17) is 22.9 Å². The first-order valence-corrected chi connectivity index (χ1v) is 10.9. The Balaban J connectivity index is 2.86. The van der Waals surface area contributed by atoms with Crippen LogP contribution in [0.15, 0.2) is 4.99 Å². The molecule has 0 aromatic carbocycles. The zero-order valence-electron chi connectivity index (χ0n) is 18.1. The van der Waals surface area contributed by atoms with Crippen LogP contribution in [0, 0.1) is 0 Å². The van der Waals surface area contributed by atoms with Crippen molar-refractivity contribution in [2.75, 3.05) is 18.8 Å². The van der Waals surface area contributed by atoms with Gasteiger partial charge in [0.2, 0.25) is 23.6 Å². The first kappa shape index (κ1) is 28.0. The van der Waals surface area contributed by atoms with Gasteiger partial charge in [-0.15, -0.1) is 0 Å². The molecule has 15 heteroatoms. The third-order valence-electron chi connectivity index (χ3n) is 4.95. The number of aliphatic carboxylic acids is 1. The van der Waals surface area contributed by atoms with Gasteiger partial charge in [-0.3, -0.25) is 24.2 Å². The van der Waals surface area contributed by atoms with E-state index in [0.717, 1.165) is 0 Å². The molecule has 4 amide bonds. The molecule has 1 fully saturated rings. The van der Waals surface area contributed by atoms with Crippen LogP contribution < -0.4 is 33.6 Å². The zero-order chi connectivity index (χ0) is 25.1. The predicted molar refractivity (Wildman–Crippen MR) is 122 cm³/mol. The maximum atomic E-state index is 12.8. The van der Waals surface area contributed by atoms with Gasteiger partial charge < -0.3 is 43.6 Å². The summed E-state index contributed by atoms with van der Waals surface area (Å²) in [5, 5.41) is 14.1. The Morgan fingerprint density at radius 2 is 1.79 bits per heavy atom. The lowest BCUT2D eigenvalue weighted by Gasteiger charge is -2.28. The van der Waals surface area contributed by atoms with Crippen LogP contribution >= 0.6 is 12.6 Å². The SMILES string of the molecule is NC(=O)CC(NC(=O)C1CCCN1C(=O)C(N)CS)C(=O)NC(CCCN=C(N)N)C(=O)O. The fraction of sp³-hybridized carbons (Fsp3) is 0.667. The van der Waals surface area contributed by atoms with E-state index >= 15 is 0 Å². The molecule has 0 radical (unpaired) electrons. The third kappa shape index (κ3) is 9.13. The lowest BCUT2D eigenvalue weighted by atomic mass is 10.1. The first-order chi connectivity index (χ1) is 15.5. The van der Waals surface area contributed by atoms with Crippen LogP contribution in [0.5, 0.6) is 0 Å². The first-order valence-electron chi connectivity index (χ1n) is 10.3. The summed E-state index contributed by atoms with van der Waals surface area (Å²) in [6, 6.07) is -4.51. The van der Waals surface area contributed by atoms with Gasteiger partial charge in [0.25, 0.3) is 0 Å². The van der Waals surface area contributed by atoms with E-state index in [0.29, 0.717) is 19.4 Å². The normalized spacial score (nSPS) is 18.0. The van der Waals surface area contributed by atoms with Crippen LogP contribution in [0.3, 0.4) is 0 Å². The predicted octanol–water partition coefficient (Wildman–Crippen LogP) is -3.78. The Morgan fingerprint density at radius 1 is 1.12 bits per heavy atom. The Hall–Kier alpha value is -3.07. The van der Waals surface area contributed by atoms with Gasteiger partial charge in [-0.05, 0) is 25.7 Å². The number of carboxylic acid groups (broad SMARTS) is 1. The molecule has 0 aromatic rings. The summed E-state index contributed by atoms with van der Waals surface area (Å²) < 4.78 is 0. The lowest BCUT2D eigenvalue weighted by molar-refractivity contribution is -0.143. The number of carbonyl (C=O) groups excluding carboxylic acids is 4. The van der Waals surface area contributed by atoms with Crippen LogP contribution in [-0.2, 0) is 24.0 Å². The maximum absolute atomic E-state index is 12.8. The Bertz CT molecular complexity index is 775. The van der Waals surface area contributed by atoms with E-state index in [1.807, 2.05) is 0 Å². The molecule has 0 aliphatic carbocycles. The van der Waals surface area contributed by atoms with Crippen LogP contribution in [0.1, 0.15) is 32.1 Å². The van der Waals surface area contributed by atoms with E-state index in [2.05, 4.69) is 28.3 Å². The molecule has 0 bridgehead atoms. The number of carboxylic acids is 1. The number of nitrogens with zero attached hydrogens (tertiary/aromatic N) is 2. The van der Waals surface area contributed by atoms with Crippen LogP contribution in [-0.4, -0.2) is 88.6 Å². The summed E-state index contributed by atoms with van der Waals surface area (Å²) in [6.45, 7) is 0.464. The highest BCUT2D eigenvalue weighted by molar-refractivity contribution is 7.80. The number of hydrogen-bond acceptors (Lipinski definition) is 8. The number of carbonyl (C=O) groups is 5. The van der Waals surface area contributed by atoms with Crippen LogP contribution in [0.2, 0.25) is 0 Å². The number of aliphatic imine (C=N–C) groups is 1. The number of thiol groups is 1. The molecule has 0 spiro atoms. The number of amides is 4. The van der Waals surface area contributed by atoms with Crippen molar-refractivity contribution < 1.29 is 29.1 Å². The number of rotatable bonds is 13. The number of guanidine groups is 1. The summed E-state index contributed by atoms with van der Waals surface area (Å²) in [4.78, 5) is 65.9. The second-order valence-corrected chi connectivity index (χ2v) is 7.92. The van der Waals surface area contributed by atoms with E-state index in [9.17, 15) is 29.1 Å². The minimum absolute atomic E-state index is 0.00160. The van der Waals surface area contributed by atoms with Crippen molar-refractivity contribution in [1.82, 2.24) is 15.5 Å². The number of nitrogens with two attached hydrogens (primary N) is 4. The number of primary amides is 1. The van der Waals surface area contributed by atoms with Gasteiger partial charge in [-0.25, -0.2) is 4.79 Å². The highest BCUT2D eigenvalue weighted by Gasteiger charge is 2.38. The minimum Gasteiger partial charge on any atom is -0.480 e. The topological polar surface area (TPSA) is 249 Å². The van der Waals surface area contributed by atoms with Gasteiger partial charge in [0.1, 0.15) is 18.1 Å². The molecule has 1 aliphatic rings. The number of nitrogens with one attached hydrogen (secondary N) is 2. The summed E-state index contributed by atoms with van der Waals surface area (Å²) in [7, 11) is 0. The number of likely N-dealkylation sites (tertiary alicyclic amines) is 1. The zero-order valence-corrected chi connectivity index (χ0v) is 19.0. The molecule has 1 rings (SSSR count). The van der Waals surface area contributed by atoms with Crippen molar-refractivity contribution in [1.29, 1.82) is 0 Å². The van der Waals surface area contributed by atoms with Crippen molar-refractivity contribution in [2.24, 2.45) is 27.9 Å². The monoisotopic (exact) mass is 488 g/mol. The smallest absolute Gasteiger partial charge is 0.326 e. The van der Waals surface area contributed by atoms with E-state index in [-0.39, 0.29) is 31.1 Å². The van der Waals surface area contributed by atoms with Gasteiger partial charge >= 0.3 is 5.97 Å². The van der Waals surface area contributed by atoms with Crippen molar-refractivity contribution >= 4 is 48.2 Å². The maximum Gasteiger partial charge on any atom is 0.326 e. The highest BCUT2D eigenvalue weighted by Crippen LogP contribution is 2.19. The quantitative estimate of drug-likeness (QED) is 0.0547. The lowest BCUT2D eigenvalue weighted by Crippen LogP contribution is -2.57. The van der Waals surface area contributed by atoms with Gasteiger partial charge in [0, 0.05) is 18.8 Å². The van der Waals surface area contributed by atoms with Gasteiger partial charge in [-0.1, -0.05) is 0 Å². The Labute approximate surface area is 196 Å². The van der Waals surface area contributed by atoms with Crippen LogP contribution in [0.25, 0.3) is 0 Å². The molecule has 11 N–H and O–H groups in total. The fourth-order valence-electron chi connectivity index (χ4n) is 3.31. The van der Waals surface area contributed by atoms with Crippen molar-refractivity contribution in [2.45, 2.75) is 56.3 Å². The molecule has 4 unspecified atom stereocenters. The van der Waals surface area contributed by atoms with Crippen LogP contribution in [0.4, 0.5) is 0 Å². The molecular formula is C18H32N8O6S.